The predicted octanol–water partition coefficient (Wildman–Crippen LogP) is 4.98. The molecule has 5 heterocycles. The number of aryl methyl sites for hydroxylation is 1. The van der Waals surface area contributed by atoms with Crippen LogP contribution in [0.4, 0.5) is 0 Å². The maximum atomic E-state index is 6.68. The lowest BCUT2D eigenvalue weighted by molar-refractivity contribution is 0.355. The number of H-pyrrole nitrogens is 1. The molecule has 0 aliphatic rings. The summed E-state index contributed by atoms with van der Waals surface area (Å²) in [5.41, 5.74) is 5.80. The highest BCUT2D eigenvalue weighted by Gasteiger charge is 2.19. The molecular weight excluding hydrogens is 515 g/mol. The van der Waals surface area contributed by atoms with Crippen molar-refractivity contribution in [3.8, 4) is 34.0 Å². The number of benzene rings is 1. The number of aromatic amines is 1. The van der Waals surface area contributed by atoms with Crippen molar-refractivity contribution in [2.45, 2.75) is 6.42 Å². The molecule has 6 aromatic rings. The molecular formula is C25H20Cl2N8O2. The summed E-state index contributed by atoms with van der Waals surface area (Å²) in [7, 11) is 5.01. The highest BCUT2D eigenvalue weighted by molar-refractivity contribution is 6.33. The Balaban J connectivity index is 1.52. The van der Waals surface area contributed by atoms with Gasteiger partial charge in [0.2, 0.25) is 0 Å². The first kappa shape index (κ1) is 23.3. The number of ether oxygens (including phenoxy) is 2. The third-order valence-corrected chi connectivity index (χ3v) is 6.50. The monoisotopic (exact) mass is 534 g/mol. The van der Waals surface area contributed by atoms with E-state index in [2.05, 4.69) is 20.1 Å². The number of halogens is 2. The van der Waals surface area contributed by atoms with Gasteiger partial charge in [-0.3, -0.25) is 9.08 Å². The molecule has 0 amide bonds. The lowest BCUT2D eigenvalue weighted by Crippen LogP contribution is -1.98. The van der Waals surface area contributed by atoms with Gasteiger partial charge < -0.3 is 14.5 Å². The van der Waals surface area contributed by atoms with E-state index in [4.69, 9.17) is 42.6 Å². The second-order valence-electron chi connectivity index (χ2n) is 8.37. The third kappa shape index (κ3) is 4.13. The molecule has 0 spiro atoms. The predicted molar refractivity (Wildman–Crippen MR) is 140 cm³/mol. The first-order chi connectivity index (χ1) is 17.9. The second kappa shape index (κ2) is 9.06. The topological polar surface area (TPSA) is 108 Å². The lowest BCUT2D eigenvalue weighted by atomic mass is 10.1. The van der Waals surface area contributed by atoms with Gasteiger partial charge in [0.1, 0.15) is 16.7 Å². The van der Waals surface area contributed by atoms with Crippen molar-refractivity contribution in [3.63, 3.8) is 0 Å². The smallest absolute Gasteiger partial charge is 0.179 e. The van der Waals surface area contributed by atoms with Gasteiger partial charge in [-0.1, -0.05) is 23.2 Å². The summed E-state index contributed by atoms with van der Waals surface area (Å²) < 4.78 is 14.6. The quantitative estimate of drug-likeness (QED) is 0.300. The number of hydrogen-bond donors (Lipinski definition) is 1. The van der Waals surface area contributed by atoms with Crippen LogP contribution in [-0.2, 0) is 13.5 Å². The molecule has 1 N–H and O–H groups in total. The number of aromatic nitrogens is 8. The Hall–Kier alpha value is -4.15. The van der Waals surface area contributed by atoms with Gasteiger partial charge in [0.05, 0.1) is 48.5 Å². The summed E-state index contributed by atoms with van der Waals surface area (Å²) in [6.45, 7) is 0. The molecule has 0 saturated carbocycles. The molecule has 0 bridgehead atoms. The zero-order valence-electron chi connectivity index (χ0n) is 20.0. The SMILES string of the molecule is COc1cc(Cl)c(-c2cnc(-c3cnn(C)c3)c3nc(Cc4nc5nc(Cl)ccc5[nH]4)cn23)cc1OC. The van der Waals surface area contributed by atoms with Crippen LogP contribution in [0.1, 0.15) is 11.5 Å². The van der Waals surface area contributed by atoms with Crippen molar-refractivity contribution >= 4 is 40.0 Å². The third-order valence-electron chi connectivity index (χ3n) is 5.98. The fourth-order valence-electron chi connectivity index (χ4n) is 4.28. The van der Waals surface area contributed by atoms with E-state index in [1.807, 2.05) is 36.0 Å². The van der Waals surface area contributed by atoms with Crippen LogP contribution in [0.3, 0.4) is 0 Å². The van der Waals surface area contributed by atoms with E-state index in [0.29, 0.717) is 45.1 Å². The Kier molecular flexibility index (Phi) is 5.69. The van der Waals surface area contributed by atoms with E-state index in [1.165, 1.54) is 0 Å². The van der Waals surface area contributed by atoms with E-state index in [1.54, 1.807) is 43.4 Å². The van der Waals surface area contributed by atoms with Crippen LogP contribution in [0.5, 0.6) is 11.5 Å². The van der Waals surface area contributed by atoms with E-state index < -0.39 is 0 Å². The van der Waals surface area contributed by atoms with Gasteiger partial charge in [-0.05, 0) is 18.2 Å². The number of nitrogens with zero attached hydrogens (tertiary/aromatic N) is 7. The summed E-state index contributed by atoms with van der Waals surface area (Å²) in [4.78, 5) is 21.8. The van der Waals surface area contributed by atoms with Crippen molar-refractivity contribution in [1.82, 2.24) is 39.1 Å². The lowest BCUT2D eigenvalue weighted by Gasteiger charge is -2.13. The molecule has 37 heavy (non-hydrogen) atoms. The molecule has 6 rings (SSSR count). The summed E-state index contributed by atoms with van der Waals surface area (Å²) in [5, 5.41) is 5.18. The Morgan fingerprint density at radius 3 is 2.54 bits per heavy atom. The maximum Gasteiger partial charge on any atom is 0.179 e. The van der Waals surface area contributed by atoms with Crippen LogP contribution in [0.2, 0.25) is 10.2 Å². The molecule has 1 aromatic carbocycles. The fourth-order valence-corrected chi connectivity index (χ4v) is 4.68. The molecule has 186 valence electrons. The standard InChI is InChI=1S/C25H20Cl2N8O2/c1-34-11-13(9-29-34)23-25-30-14(6-22-31-17-4-5-21(27)32-24(17)33-22)12-35(25)18(10-28-23)15-7-19(36-2)20(37-3)8-16(15)26/h4-5,7-12H,6H2,1-3H3,(H,31,32,33). The largest absolute Gasteiger partial charge is 0.493 e. The molecule has 0 unspecified atom stereocenters. The molecule has 0 aliphatic heterocycles. The zero-order valence-corrected chi connectivity index (χ0v) is 21.5. The van der Waals surface area contributed by atoms with Crippen LogP contribution >= 0.6 is 23.2 Å². The van der Waals surface area contributed by atoms with Gasteiger partial charge in [-0.25, -0.2) is 19.9 Å². The Morgan fingerprint density at radius 1 is 0.973 bits per heavy atom. The maximum absolute atomic E-state index is 6.68. The molecule has 10 nitrogen and oxygen atoms in total. The minimum Gasteiger partial charge on any atom is -0.493 e. The van der Waals surface area contributed by atoms with Gasteiger partial charge in [-0.15, -0.1) is 0 Å². The van der Waals surface area contributed by atoms with Crippen LogP contribution in [-0.4, -0.2) is 53.3 Å². The van der Waals surface area contributed by atoms with E-state index in [9.17, 15) is 0 Å². The zero-order chi connectivity index (χ0) is 25.7. The van der Waals surface area contributed by atoms with Gasteiger partial charge in [0, 0.05) is 43.1 Å². The molecule has 12 heteroatoms. The van der Waals surface area contributed by atoms with Gasteiger partial charge in [0.25, 0.3) is 0 Å². The van der Waals surface area contributed by atoms with Gasteiger partial charge >= 0.3 is 0 Å². The first-order valence-corrected chi connectivity index (χ1v) is 12.0. The number of pyridine rings is 1. The highest BCUT2D eigenvalue weighted by Crippen LogP contribution is 2.39. The molecule has 0 atom stereocenters. The summed E-state index contributed by atoms with van der Waals surface area (Å²) >= 11 is 12.7. The highest BCUT2D eigenvalue weighted by atomic mass is 35.5. The van der Waals surface area contributed by atoms with Gasteiger partial charge in [0.15, 0.2) is 22.8 Å². The van der Waals surface area contributed by atoms with Crippen LogP contribution in [0, 0.1) is 0 Å². The van der Waals surface area contributed by atoms with E-state index >= 15 is 0 Å². The minimum absolute atomic E-state index is 0.391. The second-order valence-corrected chi connectivity index (χ2v) is 9.17. The van der Waals surface area contributed by atoms with Crippen molar-refractivity contribution in [1.29, 1.82) is 0 Å². The molecule has 0 aliphatic carbocycles. The van der Waals surface area contributed by atoms with Gasteiger partial charge in [-0.2, -0.15) is 5.10 Å². The van der Waals surface area contributed by atoms with Crippen molar-refractivity contribution < 1.29 is 9.47 Å². The molecule has 0 fully saturated rings. The number of methoxy groups -OCH3 is 2. The normalized spacial score (nSPS) is 11.5. The Labute approximate surface area is 220 Å². The molecule has 5 aromatic heterocycles. The molecule has 0 radical (unpaired) electrons. The van der Waals surface area contributed by atoms with Crippen LogP contribution in [0.25, 0.3) is 39.3 Å². The van der Waals surface area contributed by atoms with Crippen LogP contribution < -0.4 is 9.47 Å². The Bertz CT molecular complexity index is 1790. The first-order valence-electron chi connectivity index (χ1n) is 11.2. The number of nitrogens with one attached hydrogen (secondary N) is 1. The Morgan fingerprint density at radius 2 is 1.78 bits per heavy atom. The molecule has 0 saturated heterocycles. The van der Waals surface area contributed by atoms with Crippen molar-refractivity contribution in [2.75, 3.05) is 14.2 Å². The van der Waals surface area contributed by atoms with Crippen molar-refractivity contribution in [3.05, 3.63) is 70.7 Å². The summed E-state index contributed by atoms with van der Waals surface area (Å²) in [5.74, 6) is 1.81. The summed E-state index contributed by atoms with van der Waals surface area (Å²) in [6, 6.07) is 7.13. The number of imidazole rings is 2. The fraction of sp³-hybridized carbons (Fsp3) is 0.160. The average molecular weight is 535 g/mol. The number of hydrogen-bond acceptors (Lipinski definition) is 7. The van der Waals surface area contributed by atoms with Crippen molar-refractivity contribution in [2.24, 2.45) is 7.05 Å². The number of rotatable bonds is 6. The summed E-state index contributed by atoms with van der Waals surface area (Å²) in [6.07, 6.45) is 7.82. The average Bonchev–Trinajstić information content (AvgIpc) is 3.61. The number of fused-ring (bicyclic) bond motifs is 2. The van der Waals surface area contributed by atoms with Crippen LogP contribution in [0.15, 0.2) is 49.1 Å². The van der Waals surface area contributed by atoms with E-state index in [-0.39, 0.29) is 0 Å². The minimum atomic E-state index is 0.391. The van der Waals surface area contributed by atoms with E-state index in [0.717, 1.165) is 33.9 Å².